The summed E-state index contributed by atoms with van der Waals surface area (Å²) >= 11 is 0. The van der Waals surface area contributed by atoms with Crippen molar-refractivity contribution in [1.82, 2.24) is 4.57 Å². The molecule has 1 radical (unpaired) electrons. The summed E-state index contributed by atoms with van der Waals surface area (Å²) in [6.45, 7) is 0. The average Bonchev–Trinajstić information content (AvgIpc) is 2.90. The van der Waals surface area contributed by atoms with Crippen LogP contribution in [0.1, 0.15) is 5.56 Å². The zero-order valence-corrected chi connectivity index (χ0v) is 11.2. The summed E-state index contributed by atoms with van der Waals surface area (Å²) < 4.78 is 2.21. The maximum atomic E-state index is 8.94. The van der Waals surface area contributed by atoms with Crippen LogP contribution in [0.2, 0.25) is 0 Å². The van der Waals surface area contributed by atoms with E-state index in [1.807, 2.05) is 42.5 Å². The molecule has 0 bridgehead atoms. The molecule has 0 N–H and O–H groups in total. The number of hydrogen-bond acceptors (Lipinski definition) is 1. The Kier molecular flexibility index (Phi) is 2.52. The minimum absolute atomic E-state index is 0.672. The largest absolute Gasteiger partial charge is 0.309 e. The van der Waals surface area contributed by atoms with Crippen molar-refractivity contribution in [3.8, 4) is 11.8 Å². The molecular formula is C19H11N2. The highest BCUT2D eigenvalue weighted by atomic mass is 15.0. The molecule has 0 unspecified atom stereocenters. The number of nitriles is 1. The Balaban J connectivity index is 2.12. The molecule has 0 aliphatic heterocycles. The van der Waals surface area contributed by atoms with Gasteiger partial charge >= 0.3 is 0 Å². The Morgan fingerprint density at radius 1 is 0.857 bits per heavy atom. The lowest BCUT2D eigenvalue weighted by Crippen LogP contribution is -1.93. The molecule has 0 fully saturated rings. The minimum atomic E-state index is 0.672. The van der Waals surface area contributed by atoms with Crippen molar-refractivity contribution in [2.24, 2.45) is 0 Å². The average molecular weight is 267 g/mol. The van der Waals surface area contributed by atoms with Crippen LogP contribution in [0.3, 0.4) is 0 Å². The summed E-state index contributed by atoms with van der Waals surface area (Å²) in [4.78, 5) is 0. The quantitative estimate of drug-likeness (QED) is 0.500. The number of nitrogens with zero attached hydrogens (tertiary/aromatic N) is 2. The number of para-hydroxylation sites is 1. The maximum absolute atomic E-state index is 8.94. The van der Waals surface area contributed by atoms with Crippen LogP contribution in [-0.2, 0) is 0 Å². The fourth-order valence-corrected chi connectivity index (χ4v) is 2.82. The number of hydrogen-bond donors (Lipinski definition) is 0. The number of benzene rings is 3. The maximum Gasteiger partial charge on any atom is 0.0991 e. The summed E-state index contributed by atoms with van der Waals surface area (Å²) in [7, 11) is 0. The normalized spacial score (nSPS) is 10.8. The highest BCUT2D eigenvalue weighted by Crippen LogP contribution is 2.31. The molecule has 0 atom stereocenters. The van der Waals surface area contributed by atoms with E-state index in [1.165, 1.54) is 10.8 Å². The topological polar surface area (TPSA) is 28.7 Å². The van der Waals surface area contributed by atoms with Crippen molar-refractivity contribution >= 4 is 21.8 Å². The lowest BCUT2D eigenvalue weighted by molar-refractivity contribution is 1.18. The van der Waals surface area contributed by atoms with Gasteiger partial charge in [0.2, 0.25) is 0 Å². The predicted octanol–water partition coefficient (Wildman–Crippen LogP) is 4.46. The first kappa shape index (κ1) is 11.7. The van der Waals surface area contributed by atoms with Crippen molar-refractivity contribution in [1.29, 1.82) is 5.26 Å². The van der Waals surface area contributed by atoms with E-state index in [4.69, 9.17) is 5.26 Å². The van der Waals surface area contributed by atoms with Crippen molar-refractivity contribution in [3.63, 3.8) is 0 Å². The third kappa shape index (κ3) is 1.72. The van der Waals surface area contributed by atoms with Crippen molar-refractivity contribution in [2.45, 2.75) is 0 Å². The number of rotatable bonds is 1. The lowest BCUT2D eigenvalue weighted by Gasteiger charge is -2.07. The van der Waals surface area contributed by atoms with Gasteiger partial charge in [0, 0.05) is 16.5 Å². The Bertz CT molecular complexity index is 932. The third-order valence-corrected chi connectivity index (χ3v) is 3.77. The third-order valence-electron chi connectivity index (χ3n) is 3.77. The molecule has 2 nitrogen and oxygen atoms in total. The van der Waals surface area contributed by atoms with Crippen LogP contribution in [0.5, 0.6) is 0 Å². The van der Waals surface area contributed by atoms with E-state index >= 15 is 0 Å². The van der Waals surface area contributed by atoms with Crippen LogP contribution in [0, 0.1) is 17.4 Å². The lowest BCUT2D eigenvalue weighted by atomic mass is 10.2. The monoisotopic (exact) mass is 267 g/mol. The summed E-state index contributed by atoms with van der Waals surface area (Å²) in [5, 5.41) is 11.4. The Hall–Kier alpha value is -3.05. The molecule has 1 aromatic heterocycles. The van der Waals surface area contributed by atoms with E-state index in [2.05, 4.69) is 41.0 Å². The first-order valence-corrected chi connectivity index (χ1v) is 6.78. The SMILES string of the molecule is N#Cc1ccc(-n2c3c[c]ccc3c3ccccc32)cc1. The predicted molar refractivity (Wildman–Crippen MR) is 84.3 cm³/mol. The van der Waals surface area contributed by atoms with E-state index in [9.17, 15) is 0 Å². The van der Waals surface area contributed by atoms with Gasteiger partial charge in [-0.2, -0.15) is 5.26 Å². The fraction of sp³-hybridized carbons (Fsp3) is 0. The number of aromatic nitrogens is 1. The van der Waals surface area contributed by atoms with Gasteiger partial charge in [-0.25, -0.2) is 0 Å². The van der Waals surface area contributed by atoms with Gasteiger partial charge in [-0.15, -0.1) is 0 Å². The molecule has 0 aliphatic rings. The van der Waals surface area contributed by atoms with Crippen molar-refractivity contribution < 1.29 is 0 Å². The minimum Gasteiger partial charge on any atom is -0.309 e. The highest BCUT2D eigenvalue weighted by molar-refractivity contribution is 6.09. The van der Waals surface area contributed by atoms with Gasteiger partial charge in [-0.05, 0) is 42.5 Å². The number of fused-ring (bicyclic) bond motifs is 3. The molecule has 97 valence electrons. The zero-order valence-electron chi connectivity index (χ0n) is 11.2. The van der Waals surface area contributed by atoms with E-state index < -0.39 is 0 Å². The summed E-state index contributed by atoms with van der Waals surface area (Å²) in [5.41, 5.74) is 4.02. The molecule has 0 aliphatic carbocycles. The molecule has 1 heterocycles. The van der Waals surface area contributed by atoms with Gasteiger partial charge in [-0.1, -0.05) is 30.3 Å². The molecule has 0 spiro atoms. The summed E-state index contributed by atoms with van der Waals surface area (Å²) in [6, 6.07) is 27.4. The zero-order chi connectivity index (χ0) is 14.2. The molecule has 4 aromatic rings. The van der Waals surface area contributed by atoms with Gasteiger partial charge < -0.3 is 4.57 Å². The van der Waals surface area contributed by atoms with Crippen LogP contribution in [0.4, 0.5) is 0 Å². The van der Waals surface area contributed by atoms with Gasteiger partial charge in [0.1, 0.15) is 0 Å². The fourth-order valence-electron chi connectivity index (χ4n) is 2.82. The molecule has 0 saturated heterocycles. The van der Waals surface area contributed by atoms with Crippen LogP contribution >= 0.6 is 0 Å². The van der Waals surface area contributed by atoms with Crippen molar-refractivity contribution in [3.05, 3.63) is 78.4 Å². The molecule has 2 heteroatoms. The Labute approximate surface area is 122 Å². The highest BCUT2D eigenvalue weighted by Gasteiger charge is 2.10. The van der Waals surface area contributed by atoms with E-state index in [0.717, 1.165) is 16.7 Å². The summed E-state index contributed by atoms with van der Waals surface area (Å²) in [5.74, 6) is 0. The smallest absolute Gasteiger partial charge is 0.0991 e. The molecular weight excluding hydrogens is 256 g/mol. The summed E-state index contributed by atoms with van der Waals surface area (Å²) in [6.07, 6.45) is 0. The second kappa shape index (κ2) is 4.50. The first-order valence-electron chi connectivity index (χ1n) is 6.78. The molecule has 4 rings (SSSR count). The van der Waals surface area contributed by atoms with Gasteiger partial charge in [-0.3, -0.25) is 0 Å². The van der Waals surface area contributed by atoms with E-state index in [1.54, 1.807) is 0 Å². The Morgan fingerprint density at radius 2 is 1.62 bits per heavy atom. The van der Waals surface area contributed by atoms with E-state index in [-0.39, 0.29) is 0 Å². The van der Waals surface area contributed by atoms with E-state index in [0.29, 0.717) is 5.56 Å². The Morgan fingerprint density at radius 3 is 2.43 bits per heavy atom. The van der Waals surface area contributed by atoms with Crippen LogP contribution in [-0.4, -0.2) is 4.57 Å². The van der Waals surface area contributed by atoms with Crippen LogP contribution in [0.25, 0.3) is 27.5 Å². The van der Waals surface area contributed by atoms with Crippen LogP contribution in [0.15, 0.2) is 66.7 Å². The second-order valence-corrected chi connectivity index (χ2v) is 4.95. The van der Waals surface area contributed by atoms with Crippen LogP contribution < -0.4 is 0 Å². The van der Waals surface area contributed by atoms with Crippen molar-refractivity contribution in [2.75, 3.05) is 0 Å². The molecule has 0 amide bonds. The van der Waals surface area contributed by atoms with Gasteiger partial charge in [0.25, 0.3) is 0 Å². The molecule has 3 aromatic carbocycles. The first-order chi connectivity index (χ1) is 10.4. The van der Waals surface area contributed by atoms with Gasteiger partial charge in [0.05, 0.1) is 22.7 Å². The molecule has 0 saturated carbocycles. The standard InChI is InChI=1S/C19H11N2/c20-13-14-9-11-15(12-10-14)21-18-7-3-1-5-16(18)17-6-2-4-8-19(17)21/h1-3,5-12H. The van der Waals surface area contributed by atoms with Gasteiger partial charge in [0.15, 0.2) is 0 Å². The second-order valence-electron chi connectivity index (χ2n) is 4.95. The molecule has 21 heavy (non-hydrogen) atoms.